The third-order valence-corrected chi connectivity index (χ3v) is 4.79. The Kier molecular flexibility index (Phi) is 5.02. The van der Waals surface area contributed by atoms with Crippen molar-refractivity contribution in [1.82, 2.24) is 0 Å². The highest BCUT2D eigenvalue weighted by Gasteiger charge is 2.09. The minimum Gasteiger partial charge on any atom is -0.378 e. The lowest BCUT2D eigenvalue weighted by Gasteiger charge is -2.15. The molecule has 0 aliphatic rings. The highest BCUT2D eigenvalue weighted by atomic mass is 32.1. The molecule has 1 atom stereocenters. The Balaban J connectivity index is 2.08. The fourth-order valence-electron chi connectivity index (χ4n) is 2.22. The van der Waals surface area contributed by atoms with Crippen LogP contribution in [-0.2, 0) is 11.2 Å². The van der Waals surface area contributed by atoms with E-state index in [-0.39, 0.29) is 11.9 Å². The van der Waals surface area contributed by atoms with Gasteiger partial charge in [0.05, 0.1) is 6.04 Å². The topological polar surface area (TPSA) is 41.1 Å². The zero-order valence-electron chi connectivity index (χ0n) is 13.0. The van der Waals surface area contributed by atoms with Crippen LogP contribution >= 0.6 is 11.3 Å². The SMILES string of the molecule is CCc1ccc(C(C)Nc2ccc(NC(C)=O)c(C)c2)s1. The monoisotopic (exact) mass is 302 g/mol. The molecule has 1 heterocycles. The number of anilines is 2. The molecule has 112 valence electrons. The number of rotatable bonds is 5. The van der Waals surface area contributed by atoms with E-state index in [1.807, 2.05) is 30.4 Å². The average Bonchev–Trinajstić information content (AvgIpc) is 2.90. The lowest BCUT2D eigenvalue weighted by atomic mass is 10.1. The standard InChI is InChI=1S/C17H22N2OS/c1-5-15-7-9-17(21-15)12(3)18-14-6-8-16(11(2)10-14)19-13(4)20/h6-10,12,18H,5H2,1-4H3,(H,19,20). The second kappa shape index (κ2) is 6.76. The Morgan fingerprint density at radius 1 is 1.29 bits per heavy atom. The third kappa shape index (κ3) is 4.08. The van der Waals surface area contributed by atoms with Crippen LogP contribution in [0.3, 0.4) is 0 Å². The molecule has 4 heteroatoms. The van der Waals surface area contributed by atoms with E-state index >= 15 is 0 Å². The maximum atomic E-state index is 11.1. The van der Waals surface area contributed by atoms with Gasteiger partial charge >= 0.3 is 0 Å². The van der Waals surface area contributed by atoms with Crippen LogP contribution in [0.15, 0.2) is 30.3 Å². The van der Waals surface area contributed by atoms with Crippen molar-refractivity contribution in [3.05, 3.63) is 45.6 Å². The molecule has 21 heavy (non-hydrogen) atoms. The predicted octanol–water partition coefficient (Wildman–Crippen LogP) is 4.75. The van der Waals surface area contributed by atoms with Crippen molar-refractivity contribution < 1.29 is 4.79 Å². The quantitative estimate of drug-likeness (QED) is 0.836. The maximum absolute atomic E-state index is 11.1. The van der Waals surface area contributed by atoms with E-state index in [0.717, 1.165) is 23.4 Å². The number of aryl methyl sites for hydroxylation is 2. The third-order valence-electron chi connectivity index (χ3n) is 3.38. The summed E-state index contributed by atoms with van der Waals surface area (Å²) in [6.07, 6.45) is 1.09. The molecular weight excluding hydrogens is 280 g/mol. The molecule has 1 aromatic heterocycles. The van der Waals surface area contributed by atoms with Crippen molar-refractivity contribution in [3.63, 3.8) is 0 Å². The second-order valence-electron chi connectivity index (χ2n) is 5.23. The summed E-state index contributed by atoms with van der Waals surface area (Å²) in [7, 11) is 0. The highest BCUT2D eigenvalue weighted by Crippen LogP contribution is 2.28. The molecule has 1 amide bonds. The van der Waals surface area contributed by atoms with Gasteiger partial charge in [0.15, 0.2) is 0 Å². The Morgan fingerprint density at radius 2 is 2.05 bits per heavy atom. The second-order valence-corrected chi connectivity index (χ2v) is 6.43. The zero-order valence-corrected chi connectivity index (χ0v) is 13.8. The smallest absolute Gasteiger partial charge is 0.221 e. The van der Waals surface area contributed by atoms with E-state index in [0.29, 0.717) is 0 Å². The minimum atomic E-state index is -0.0437. The van der Waals surface area contributed by atoms with Crippen LogP contribution in [0.1, 0.15) is 42.1 Å². The summed E-state index contributed by atoms with van der Waals surface area (Å²) in [4.78, 5) is 13.9. The van der Waals surface area contributed by atoms with Crippen LogP contribution in [-0.4, -0.2) is 5.91 Å². The van der Waals surface area contributed by atoms with Gasteiger partial charge in [-0.05, 0) is 56.2 Å². The van der Waals surface area contributed by atoms with E-state index in [1.165, 1.54) is 16.7 Å². The van der Waals surface area contributed by atoms with Crippen molar-refractivity contribution in [2.45, 2.75) is 40.2 Å². The lowest BCUT2D eigenvalue weighted by Crippen LogP contribution is -2.08. The van der Waals surface area contributed by atoms with Crippen LogP contribution < -0.4 is 10.6 Å². The first-order chi connectivity index (χ1) is 9.99. The molecule has 3 nitrogen and oxygen atoms in total. The van der Waals surface area contributed by atoms with Crippen molar-refractivity contribution in [2.75, 3.05) is 10.6 Å². The number of hydrogen-bond acceptors (Lipinski definition) is 3. The molecule has 2 rings (SSSR count). The molecule has 0 saturated carbocycles. The average molecular weight is 302 g/mol. The first kappa shape index (κ1) is 15.6. The summed E-state index contributed by atoms with van der Waals surface area (Å²) in [6, 6.07) is 10.7. The molecule has 0 radical (unpaired) electrons. The first-order valence-electron chi connectivity index (χ1n) is 7.23. The molecule has 0 saturated heterocycles. The van der Waals surface area contributed by atoms with Gasteiger partial charge in [0.1, 0.15) is 0 Å². The summed E-state index contributed by atoms with van der Waals surface area (Å²) in [5.41, 5.74) is 2.99. The summed E-state index contributed by atoms with van der Waals surface area (Å²) < 4.78 is 0. The predicted molar refractivity (Wildman–Crippen MR) is 91.2 cm³/mol. The number of hydrogen-bond donors (Lipinski definition) is 2. The molecule has 0 spiro atoms. The minimum absolute atomic E-state index is 0.0437. The molecule has 0 aliphatic heterocycles. The van der Waals surface area contributed by atoms with Gasteiger partial charge in [0, 0.05) is 28.1 Å². The van der Waals surface area contributed by atoms with Crippen molar-refractivity contribution in [3.8, 4) is 0 Å². The molecule has 2 aromatic rings. The van der Waals surface area contributed by atoms with E-state index in [4.69, 9.17) is 0 Å². The number of carbonyl (C=O) groups is 1. The fraction of sp³-hybridized carbons (Fsp3) is 0.353. The largest absolute Gasteiger partial charge is 0.378 e. The molecule has 0 aliphatic carbocycles. The number of thiophene rings is 1. The molecule has 2 N–H and O–H groups in total. The van der Waals surface area contributed by atoms with Crippen LogP contribution in [0.2, 0.25) is 0 Å². The van der Waals surface area contributed by atoms with Gasteiger partial charge in [-0.1, -0.05) is 6.92 Å². The Labute approximate surface area is 130 Å². The number of carbonyl (C=O) groups excluding carboxylic acids is 1. The Bertz CT molecular complexity index is 633. The molecule has 1 aromatic carbocycles. The number of benzene rings is 1. The summed E-state index contributed by atoms with van der Waals surface area (Å²) in [6.45, 7) is 7.87. The Morgan fingerprint density at radius 3 is 2.62 bits per heavy atom. The maximum Gasteiger partial charge on any atom is 0.221 e. The number of nitrogens with one attached hydrogen (secondary N) is 2. The summed E-state index contributed by atoms with van der Waals surface area (Å²) in [5.74, 6) is -0.0437. The molecule has 0 fully saturated rings. The van der Waals surface area contributed by atoms with Crippen LogP contribution in [0, 0.1) is 6.92 Å². The lowest BCUT2D eigenvalue weighted by molar-refractivity contribution is -0.114. The van der Waals surface area contributed by atoms with Gasteiger partial charge in [-0.2, -0.15) is 0 Å². The van der Waals surface area contributed by atoms with E-state index in [1.54, 1.807) is 0 Å². The van der Waals surface area contributed by atoms with Crippen molar-refractivity contribution >= 4 is 28.6 Å². The fourth-order valence-corrected chi connectivity index (χ4v) is 3.18. The van der Waals surface area contributed by atoms with Crippen molar-refractivity contribution in [2.24, 2.45) is 0 Å². The molecule has 0 bridgehead atoms. The number of amides is 1. The van der Waals surface area contributed by atoms with Gasteiger partial charge in [0.25, 0.3) is 0 Å². The van der Waals surface area contributed by atoms with E-state index in [9.17, 15) is 4.79 Å². The van der Waals surface area contributed by atoms with Gasteiger partial charge in [0.2, 0.25) is 5.91 Å². The summed E-state index contributed by atoms with van der Waals surface area (Å²) in [5, 5.41) is 6.35. The Hall–Kier alpha value is -1.81. The molecular formula is C17H22N2OS. The van der Waals surface area contributed by atoms with Gasteiger partial charge in [-0.25, -0.2) is 0 Å². The first-order valence-corrected chi connectivity index (χ1v) is 8.04. The van der Waals surface area contributed by atoms with Crippen LogP contribution in [0.25, 0.3) is 0 Å². The summed E-state index contributed by atoms with van der Waals surface area (Å²) >= 11 is 1.86. The van der Waals surface area contributed by atoms with Gasteiger partial charge < -0.3 is 10.6 Å². The van der Waals surface area contributed by atoms with Crippen LogP contribution in [0.5, 0.6) is 0 Å². The normalized spacial score (nSPS) is 12.0. The van der Waals surface area contributed by atoms with Crippen LogP contribution in [0.4, 0.5) is 11.4 Å². The van der Waals surface area contributed by atoms with Gasteiger partial charge in [-0.3, -0.25) is 4.79 Å². The van der Waals surface area contributed by atoms with E-state index in [2.05, 4.69) is 42.7 Å². The zero-order chi connectivity index (χ0) is 15.4. The highest BCUT2D eigenvalue weighted by molar-refractivity contribution is 7.12. The van der Waals surface area contributed by atoms with Gasteiger partial charge in [-0.15, -0.1) is 11.3 Å². The van der Waals surface area contributed by atoms with Crippen molar-refractivity contribution in [1.29, 1.82) is 0 Å². The molecule has 1 unspecified atom stereocenters. The van der Waals surface area contributed by atoms with E-state index < -0.39 is 0 Å².